The van der Waals surface area contributed by atoms with E-state index in [2.05, 4.69) is 48.5 Å². The maximum atomic E-state index is 12.6. The zero-order valence-corrected chi connectivity index (χ0v) is 15.6. The molecule has 2 aromatic carbocycles. The number of carbonyl (C=O) groups excluding carboxylic acids is 1. The highest BCUT2D eigenvalue weighted by Gasteiger charge is 2.47. The lowest BCUT2D eigenvalue weighted by Crippen LogP contribution is -2.40. The predicted octanol–water partition coefficient (Wildman–Crippen LogP) is 3.44. The van der Waals surface area contributed by atoms with Gasteiger partial charge in [-0.05, 0) is 36.6 Å². The number of rotatable bonds is 3. The summed E-state index contributed by atoms with van der Waals surface area (Å²) >= 11 is 0. The van der Waals surface area contributed by atoms with E-state index < -0.39 is 0 Å². The van der Waals surface area contributed by atoms with Crippen molar-refractivity contribution in [3.8, 4) is 0 Å². The van der Waals surface area contributed by atoms with Gasteiger partial charge in [-0.15, -0.1) is 0 Å². The van der Waals surface area contributed by atoms with Crippen LogP contribution < -0.4 is 5.32 Å². The molecule has 2 aromatic rings. The highest BCUT2D eigenvalue weighted by Crippen LogP contribution is 2.44. The molecule has 2 fully saturated rings. The Morgan fingerprint density at radius 1 is 1.04 bits per heavy atom. The molecule has 3 atom stereocenters. The topological polar surface area (TPSA) is 35.6 Å². The van der Waals surface area contributed by atoms with Crippen molar-refractivity contribution in [1.29, 1.82) is 0 Å². The van der Waals surface area contributed by atoms with Crippen molar-refractivity contribution in [2.75, 3.05) is 26.7 Å². The molecule has 1 N–H and O–H groups in total. The smallest absolute Gasteiger partial charge is 0.317 e. The summed E-state index contributed by atoms with van der Waals surface area (Å²) in [5.41, 5.74) is 3.89. The number of nitrogens with one attached hydrogen (secondary N) is 1. The normalized spacial score (nSPS) is 25.3. The first-order valence-electron chi connectivity index (χ1n) is 9.46. The van der Waals surface area contributed by atoms with Gasteiger partial charge in [0.2, 0.25) is 0 Å². The number of hydrogen-bond donors (Lipinski definition) is 1. The van der Waals surface area contributed by atoms with Crippen molar-refractivity contribution in [1.82, 2.24) is 15.1 Å². The summed E-state index contributed by atoms with van der Waals surface area (Å²) in [4.78, 5) is 17.1. The van der Waals surface area contributed by atoms with Crippen LogP contribution in [0.5, 0.6) is 0 Å². The summed E-state index contributed by atoms with van der Waals surface area (Å²) < 4.78 is 0. The van der Waals surface area contributed by atoms with Gasteiger partial charge < -0.3 is 10.2 Å². The average Bonchev–Trinajstić information content (AvgIpc) is 3.18. The first-order chi connectivity index (χ1) is 12.6. The van der Waals surface area contributed by atoms with Crippen LogP contribution in [0.15, 0.2) is 54.6 Å². The van der Waals surface area contributed by atoms with Crippen molar-refractivity contribution in [2.24, 2.45) is 11.8 Å². The average molecular weight is 349 g/mol. The first-order valence-corrected chi connectivity index (χ1v) is 9.46. The summed E-state index contributed by atoms with van der Waals surface area (Å²) in [6, 6.07) is 19.2. The van der Waals surface area contributed by atoms with Gasteiger partial charge in [0.25, 0.3) is 0 Å². The molecule has 0 bridgehead atoms. The molecule has 0 radical (unpaired) electrons. The van der Waals surface area contributed by atoms with Gasteiger partial charge in [0.15, 0.2) is 0 Å². The number of amides is 2. The SMILES string of the molecule is Cc1ccccc1[C@@H]1[C@@H]2CN(C(=O)NCc3ccccc3)C[C@@H]2CN1C. The van der Waals surface area contributed by atoms with Gasteiger partial charge in [0, 0.05) is 38.1 Å². The van der Waals surface area contributed by atoms with Crippen molar-refractivity contribution in [3.63, 3.8) is 0 Å². The largest absolute Gasteiger partial charge is 0.334 e. The van der Waals surface area contributed by atoms with E-state index in [4.69, 9.17) is 0 Å². The quantitative estimate of drug-likeness (QED) is 0.921. The number of hydrogen-bond acceptors (Lipinski definition) is 2. The van der Waals surface area contributed by atoms with E-state index in [0.29, 0.717) is 24.4 Å². The molecular formula is C22H27N3O. The van der Waals surface area contributed by atoms with Crippen LogP contribution in [-0.4, -0.2) is 42.5 Å². The third-order valence-corrected chi connectivity index (χ3v) is 5.98. The zero-order chi connectivity index (χ0) is 18.1. The predicted molar refractivity (Wildman–Crippen MR) is 104 cm³/mol. The molecule has 26 heavy (non-hydrogen) atoms. The molecule has 0 aliphatic carbocycles. The van der Waals surface area contributed by atoms with Crippen LogP contribution in [0.4, 0.5) is 4.79 Å². The van der Waals surface area contributed by atoms with E-state index >= 15 is 0 Å². The van der Waals surface area contributed by atoms with Gasteiger partial charge in [-0.25, -0.2) is 4.79 Å². The number of urea groups is 1. The van der Waals surface area contributed by atoms with Gasteiger partial charge in [0.05, 0.1) is 0 Å². The number of aryl methyl sites for hydroxylation is 1. The Morgan fingerprint density at radius 3 is 2.54 bits per heavy atom. The van der Waals surface area contributed by atoms with Crippen LogP contribution >= 0.6 is 0 Å². The minimum atomic E-state index is 0.0643. The molecule has 0 aromatic heterocycles. The van der Waals surface area contributed by atoms with E-state index in [9.17, 15) is 4.79 Å². The molecule has 2 saturated heterocycles. The van der Waals surface area contributed by atoms with E-state index in [1.54, 1.807) is 0 Å². The third-order valence-electron chi connectivity index (χ3n) is 5.98. The Balaban J connectivity index is 1.43. The first kappa shape index (κ1) is 17.1. The molecule has 2 amide bonds. The van der Waals surface area contributed by atoms with Gasteiger partial charge in [-0.1, -0.05) is 54.6 Å². The van der Waals surface area contributed by atoms with Gasteiger partial charge in [-0.2, -0.15) is 0 Å². The van der Waals surface area contributed by atoms with E-state index in [1.165, 1.54) is 11.1 Å². The second-order valence-electron chi connectivity index (χ2n) is 7.71. The molecule has 4 heteroatoms. The standard InChI is InChI=1S/C22H27N3O/c1-16-8-6-7-11-19(16)21-20-15-25(14-18(20)13-24(21)2)22(26)23-12-17-9-4-3-5-10-17/h3-11,18,20-21H,12-15H2,1-2H3,(H,23,26)/t18-,20+,21+/m0/s1. The highest BCUT2D eigenvalue weighted by atomic mass is 16.2. The monoisotopic (exact) mass is 349 g/mol. The summed E-state index contributed by atoms with van der Waals surface area (Å²) in [5.74, 6) is 1.08. The van der Waals surface area contributed by atoms with Gasteiger partial charge >= 0.3 is 6.03 Å². The molecule has 4 nitrogen and oxygen atoms in total. The van der Waals surface area contributed by atoms with Crippen molar-refractivity contribution in [2.45, 2.75) is 19.5 Å². The van der Waals surface area contributed by atoms with Crippen LogP contribution in [0.3, 0.4) is 0 Å². The lowest BCUT2D eigenvalue weighted by Gasteiger charge is -2.28. The minimum absolute atomic E-state index is 0.0643. The molecule has 2 heterocycles. The van der Waals surface area contributed by atoms with Crippen LogP contribution in [-0.2, 0) is 6.54 Å². The van der Waals surface area contributed by atoms with Crippen molar-refractivity contribution in [3.05, 3.63) is 71.3 Å². The highest BCUT2D eigenvalue weighted by molar-refractivity contribution is 5.74. The Morgan fingerprint density at radius 2 is 1.77 bits per heavy atom. The molecule has 0 saturated carbocycles. The van der Waals surface area contributed by atoms with Crippen LogP contribution in [0.1, 0.15) is 22.7 Å². The number of nitrogens with zero attached hydrogens (tertiary/aromatic N) is 2. The van der Waals surface area contributed by atoms with Gasteiger partial charge in [-0.3, -0.25) is 4.90 Å². The van der Waals surface area contributed by atoms with Crippen LogP contribution in [0.25, 0.3) is 0 Å². The Bertz CT molecular complexity index is 776. The van der Waals surface area contributed by atoms with Gasteiger partial charge in [0.1, 0.15) is 0 Å². The summed E-state index contributed by atoms with van der Waals surface area (Å²) in [5, 5.41) is 3.08. The molecule has 0 spiro atoms. The Kier molecular flexibility index (Phi) is 4.68. The Hall–Kier alpha value is -2.33. The molecular weight excluding hydrogens is 322 g/mol. The fourth-order valence-corrected chi connectivity index (χ4v) is 4.70. The molecule has 2 aliphatic heterocycles. The second kappa shape index (κ2) is 7.12. The summed E-state index contributed by atoms with van der Waals surface area (Å²) in [6.45, 7) is 5.54. The maximum Gasteiger partial charge on any atom is 0.317 e. The second-order valence-corrected chi connectivity index (χ2v) is 7.71. The van der Waals surface area contributed by atoms with Crippen molar-refractivity contribution < 1.29 is 4.79 Å². The summed E-state index contributed by atoms with van der Waals surface area (Å²) in [6.07, 6.45) is 0. The number of likely N-dealkylation sites (tertiary alicyclic amines) is 2. The lowest BCUT2D eigenvalue weighted by atomic mass is 9.88. The zero-order valence-electron chi connectivity index (χ0n) is 15.6. The van der Waals surface area contributed by atoms with Crippen LogP contribution in [0, 0.1) is 18.8 Å². The Labute approximate surface area is 155 Å². The van der Waals surface area contributed by atoms with E-state index in [0.717, 1.165) is 25.2 Å². The number of carbonyl (C=O) groups is 1. The van der Waals surface area contributed by atoms with E-state index in [-0.39, 0.29) is 6.03 Å². The van der Waals surface area contributed by atoms with E-state index in [1.807, 2.05) is 35.2 Å². The molecule has 136 valence electrons. The molecule has 4 rings (SSSR count). The fraction of sp³-hybridized carbons (Fsp3) is 0.409. The fourth-order valence-electron chi connectivity index (χ4n) is 4.70. The number of fused-ring (bicyclic) bond motifs is 1. The number of benzene rings is 2. The lowest BCUT2D eigenvalue weighted by molar-refractivity contribution is 0.193. The van der Waals surface area contributed by atoms with Crippen LogP contribution in [0.2, 0.25) is 0 Å². The molecule has 2 aliphatic rings. The third kappa shape index (κ3) is 3.21. The summed E-state index contributed by atoms with van der Waals surface area (Å²) in [7, 11) is 2.22. The molecule has 0 unspecified atom stereocenters. The van der Waals surface area contributed by atoms with Crippen molar-refractivity contribution >= 4 is 6.03 Å². The maximum absolute atomic E-state index is 12.6. The minimum Gasteiger partial charge on any atom is -0.334 e.